The van der Waals surface area contributed by atoms with Crippen LogP contribution in [0.4, 0.5) is 4.79 Å². The van der Waals surface area contributed by atoms with Crippen LogP contribution in [0.15, 0.2) is 0 Å². The lowest BCUT2D eigenvalue weighted by Gasteiger charge is -2.44. The number of ether oxygens (including phenoxy) is 2. The predicted molar refractivity (Wildman–Crippen MR) is 87.1 cm³/mol. The molecule has 0 bridgehead atoms. The highest BCUT2D eigenvalue weighted by Gasteiger charge is 2.39. The summed E-state index contributed by atoms with van der Waals surface area (Å²) >= 11 is 0. The lowest BCUT2D eigenvalue weighted by atomic mass is 9.92. The predicted octanol–water partition coefficient (Wildman–Crippen LogP) is 2.27. The second-order valence-electron chi connectivity index (χ2n) is 8.10. The molecule has 0 saturated carbocycles. The monoisotopic (exact) mass is 326 g/mol. The molecule has 6 heteroatoms. The van der Waals surface area contributed by atoms with Crippen LogP contribution < -0.4 is 0 Å². The first-order valence-corrected chi connectivity index (χ1v) is 8.47. The maximum atomic E-state index is 12.8. The first-order valence-electron chi connectivity index (χ1n) is 8.47. The third-order valence-corrected chi connectivity index (χ3v) is 4.41. The van der Waals surface area contributed by atoms with E-state index in [1.165, 1.54) is 0 Å². The van der Waals surface area contributed by atoms with E-state index in [1.807, 2.05) is 39.5 Å². The zero-order chi connectivity index (χ0) is 17.3. The largest absolute Gasteiger partial charge is 0.444 e. The summed E-state index contributed by atoms with van der Waals surface area (Å²) < 4.78 is 10.9. The van der Waals surface area contributed by atoms with Gasteiger partial charge in [0.05, 0.1) is 18.8 Å². The molecule has 2 amide bonds. The quantitative estimate of drug-likeness (QED) is 0.742. The van der Waals surface area contributed by atoms with Crippen molar-refractivity contribution in [2.45, 2.75) is 58.6 Å². The third-order valence-electron chi connectivity index (χ3n) is 4.41. The molecule has 0 spiro atoms. The van der Waals surface area contributed by atoms with Gasteiger partial charge in [0.1, 0.15) is 5.60 Å². The Balaban J connectivity index is 1.89. The van der Waals surface area contributed by atoms with E-state index in [0.717, 1.165) is 0 Å². The molecule has 0 aromatic heterocycles. The smallest absolute Gasteiger partial charge is 0.410 e. The molecule has 2 heterocycles. The van der Waals surface area contributed by atoms with Crippen LogP contribution in [-0.2, 0) is 14.3 Å². The Bertz CT molecular complexity index is 448. The zero-order valence-corrected chi connectivity index (χ0v) is 15.1. The van der Waals surface area contributed by atoms with Gasteiger partial charge in [0, 0.05) is 25.6 Å². The zero-order valence-electron chi connectivity index (χ0n) is 15.1. The van der Waals surface area contributed by atoms with Crippen molar-refractivity contribution in [1.82, 2.24) is 9.80 Å². The van der Waals surface area contributed by atoms with Crippen LogP contribution in [-0.4, -0.2) is 65.8 Å². The van der Waals surface area contributed by atoms with Crippen molar-refractivity contribution in [2.75, 3.05) is 32.8 Å². The number of hydrogen-bond acceptors (Lipinski definition) is 4. The van der Waals surface area contributed by atoms with Gasteiger partial charge in [-0.1, -0.05) is 0 Å². The molecule has 2 rings (SSSR count). The number of amides is 2. The lowest BCUT2D eigenvalue weighted by Crippen LogP contribution is -2.58. The maximum absolute atomic E-state index is 12.8. The van der Waals surface area contributed by atoms with Crippen molar-refractivity contribution in [3.8, 4) is 0 Å². The minimum Gasteiger partial charge on any atom is -0.444 e. The number of morpholine rings is 1. The van der Waals surface area contributed by atoms with Gasteiger partial charge in [0.15, 0.2) is 0 Å². The van der Waals surface area contributed by atoms with Crippen molar-refractivity contribution in [3.63, 3.8) is 0 Å². The summed E-state index contributed by atoms with van der Waals surface area (Å²) in [7, 11) is 0. The molecule has 6 nitrogen and oxygen atoms in total. The number of nitrogens with zero attached hydrogens (tertiary/aromatic N) is 2. The lowest BCUT2D eigenvalue weighted by molar-refractivity contribution is -0.152. The Morgan fingerprint density at radius 1 is 1.13 bits per heavy atom. The molecule has 0 radical (unpaired) electrons. The molecule has 132 valence electrons. The molecule has 23 heavy (non-hydrogen) atoms. The Morgan fingerprint density at radius 3 is 2.26 bits per heavy atom. The van der Waals surface area contributed by atoms with Crippen LogP contribution in [0.5, 0.6) is 0 Å². The molecule has 0 aromatic rings. The van der Waals surface area contributed by atoms with Crippen LogP contribution in [0, 0.1) is 5.92 Å². The molecule has 2 saturated heterocycles. The number of carbonyl (C=O) groups excluding carboxylic acids is 2. The number of hydrogen-bond donors (Lipinski definition) is 0. The second kappa shape index (κ2) is 6.67. The van der Waals surface area contributed by atoms with Gasteiger partial charge in [0.2, 0.25) is 5.91 Å². The number of piperidine rings is 1. The van der Waals surface area contributed by atoms with E-state index < -0.39 is 5.60 Å². The highest BCUT2D eigenvalue weighted by Crippen LogP contribution is 2.26. The van der Waals surface area contributed by atoms with E-state index in [1.54, 1.807) is 4.90 Å². The van der Waals surface area contributed by atoms with Crippen LogP contribution in [0.1, 0.15) is 47.5 Å². The van der Waals surface area contributed by atoms with Gasteiger partial charge in [-0.2, -0.15) is 0 Å². The van der Waals surface area contributed by atoms with E-state index in [2.05, 4.69) is 0 Å². The average molecular weight is 326 g/mol. The third kappa shape index (κ3) is 4.59. The fourth-order valence-electron chi connectivity index (χ4n) is 3.12. The summed E-state index contributed by atoms with van der Waals surface area (Å²) in [5.74, 6) is 0.188. The van der Waals surface area contributed by atoms with Crippen molar-refractivity contribution >= 4 is 12.0 Å². The number of likely N-dealkylation sites (tertiary alicyclic amines) is 1. The summed E-state index contributed by atoms with van der Waals surface area (Å²) in [6, 6.07) is 0. The SMILES string of the molecule is CC(C)(C)OC(=O)N1CCC(C(=O)N2CCOCC2(C)C)CC1. The Kier molecular flexibility index (Phi) is 5.23. The van der Waals surface area contributed by atoms with Crippen LogP contribution >= 0.6 is 0 Å². The van der Waals surface area contributed by atoms with Gasteiger partial charge in [-0.25, -0.2) is 4.79 Å². The molecule has 2 fully saturated rings. The fraction of sp³-hybridized carbons (Fsp3) is 0.882. The highest BCUT2D eigenvalue weighted by atomic mass is 16.6. The van der Waals surface area contributed by atoms with E-state index >= 15 is 0 Å². The molecule has 0 unspecified atom stereocenters. The van der Waals surface area contributed by atoms with E-state index in [-0.39, 0.29) is 23.5 Å². The molecule has 2 aliphatic rings. The highest BCUT2D eigenvalue weighted by molar-refractivity contribution is 5.80. The first-order chi connectivity index (χ1) is 10.6. The number of carbonyl (C=O) groups is 2. The van der Waals surface area contributed by atoms with Gasteiger partial charge in [-0.05, 0) is 47.5 Å². The second-order valence-corrected chi connectivity index (χ2v) is 8.10. The van der Waals surface area contributed by atoms with Crippen molar-refractivity contribution in [3.05, 3.63) is 0 Å². The standard InChI is InChI=1S/C17H30N2O4/c1-16(2,3)23-15(21)18-8-6-13(7-9-18)14(20)19-10-11-22-12-17(19,4)5/h13H,6-12H2,1-5H3. The summed E-state index contributed by atoms with van der Waals surface area (Å²) in [6.45, 7) is 12.7. The summed E-state index contributed by atoms with van der Waals surface area (Å²) in [4.78, 5) is 28.6. The van der Waals surface area contributed by atoms with Gasteiger partial charge < -0.3 is 19.3 Å². The van der Waals surface area contributed by atoms with Crippen LogP contribution in [0.2, 0.25) is 0 Å². The molecule has 0 aliphatic carbocycles. The molecular formula is C17H30N2O4. The average Bonchev–Trinajstić information content (AvgIpc) is 2.44. The van der Waals surface area contributed by atoms with E-state index in [4.69, 9.17) is 9.47 Å². The van der Waals surface area contributed by atoms with Crippen LogP contribution in [0.3, 0.4) is 0 Å². The Morgan fingerprint density at radius 2 is 1.74 bits per heavy atom. The molecule has 0 atom stereocenters. The van der Waals surface area contributed by atoms with E-state index in [0.29, 0.717) is 45.7 Å². The molecule has 0 N–H and O–H groups in total. The van der Waals surface area contributed by atoms with Crippen LogP contribution in [0.25, 0.3) is 0 Å². The summed E-state index contributed by atoms with van der Waals surface area (Å²) in [5.41, 5.74) is -0.737. The normalized spacial score (nSPS) is 22.8. The van der Waals surface area contributed by atoms with Gasteiger partial charge >= 0.3 is 6.09 Å². The maximum Gasteiger partial charge on any atom is 0.410 e. The van der Waals surface area contributed by atoms with Gasteiger partial charge in [-0.3, -0.25) is 4.79 Å². The number of rotatable bonds is 1. The molecule has 0 aromatic carbocycles. The summed E-state index contributed by atoms with van der Waals surface area (Å²) in [6.07, 6.45) is 1.12. The van der Waals surface area contributed by atoms with Crippen molar-refractivity contribution in [1.29, 1.82) is 0 Å². The minimum atomic E-state index is -0.485. The summed E-state index contributed by atoms with van der Waals surface area (Å²) in [5, 5.41) is 0. The van der Waals surface area contributed by atoms with Gasteiger partial charge in [-0.15, -0.1) is 0 Å². The van der Waals surface area contributed by atoms with Crippen molar-refractivity contribution < 1.29 is 19.1 Å². The first kappa shape index (κ1) is 18.0. The van der Waals surface area contributed by atoms with E-state index in [9.17, 15) is 9.59 Å². The molecule has 2 aliphatic heterocycles. The Hall–Kier alpha value is -1.30. The fourth-order valence-corrected chi connectivity index (χ4v) is 3.12. The molecular weight excluding hydrogens is 296 g/mol. The Labute approximate surface area is 139 Å². The minimum absolute atomic E-state index is 0.00828. The van der Waals surface area contributed by atoms with Crippen molar-refractivity contribution in [2.24, 2.45) is 5.92 Å². The van der Waals surface area contributed by atoms with Gasteiger partial charge in [0.25, 0.3) is 0 Å². The topological polar surface area (TPSA) is 59.1 Å².